The maximum absolute atomic E-state index is 12.6. The number of rotatable bonds is 6. The Labute approximate surface area is 136 Å². The summed E-state index contributed by atoms with van der Waals surface area (Å²) in [7, 11) is 0. The molecule has 0 aromatic heterocycles. The topological polar surface area (TPSA) is 81.4 Å². The van der Waals surface area contributed by atoms with Crippen LogP contribution < -0.4 is 15.8 Å². The van der Waals surface area contributed by atoms with Gasteiger partial charge >= 0.3 is 0 Å². The van der Waals surface area contributed by atoms with Crippen molar-refractivity contribution in [1.29, 1.82) is 0 Å². The third-order valence-corrected chi connectivity index (χ3v) is 5.30. The molecule has 124 valence electrons. The number of para-hydroxylation sites is 1. The van der Waals surface area contributed by atoms with Crippen molar-refractivity contribution in [3.8, 4) is 5.75 Å². The Morgan fingerprint density at radius 2 is 2.09 bits per heavy atom. The molecule has 0 heterocycles. The van der Waals surface area contributed by atoms with Crippen molar-refractivity contribution in [2.75, 3.05) is 6.61 Å². The van der Waals surface area contributed by atoms with Crippen LogP contribution in [-0.2, 0) is 4.79 Å². The lowest BCUT2D eigenvalue weighted by Crippen LogP contribution is -2.40. The van der Waals surface area contributed by atoms with E-state index in [1.165, 1.54) is 25.7 Å². The summed E-state index contributed by atoms with van der Waals surface area (Å²) in [5.74, 6) is 1.88. The first-order valence-corrected chi connectivity index (χ1v) is 8.35. The standard InChI is InChI=1S/C18H24N2O3/c1-11(15-9-12-6-7-13(15)8-12)20-18(22)14-4-2-3-5-16(14)23-10-17(19)21/h2-5,11-13,15H,6-10H2,1H3,(H2,19,21)(H,20,22). The molecule has 0 spiro atoms. The Bertz CT molecular complexity index is 602. The number of hydrogen-bond acceptors (Lipinski definition) is 3. The summed E-state index contributed by atoms with van der Waals surface area (Å²) >= 11 is 0. The summed E-state index contributed by atoms with van der Waals surface area (Å²) in [5, 5.41) is 3.12. The maximum Gasteiger partial charge on any atom is 0.255 e. The lowest BCUT2D eigenvalue weighted by Gasteiger charge is -2.28. The maximum atomic E-state index is 12.6. The van der Waals surface area contributed by atoms with E-state index in [0.29, 0.717) is 17.2 Å². The van der Waals surface area contributed by atoms with Crippen molar-refractivity contribution in [3.63, 3.8) is 0 Å². The second-order valence-corrected chi connectivity index (χ2v) is 6.85. The summed E-state index contributed by atoms with van der Waals surface area (Å²) in [6.45, 7) is 1.86. The molecule has 2 saturated carbocycles. The molecule has 4 atom stereocenters. The van der Waals surface area contributed by atoms with Gasteiger partial charge < -0.3 is 15.8 Å². The van der Waals surface area contributed by atoms with Crippen LogP contribution in [0.2, 0.25) is 0 Å². The fourth-order valence-electron chi connectivity index (χ4n) is 4.23. The highest BCUT2D eigenvalue weighted by molar-refractivity contribution is 5.97. The molecule has 3 N–H and O–H groups in total. The Hall–Kier alpha value is -2.04. The average Bonchev–Trinajstić information content (AvgIpc) is 3.16. The van der Waals surface area contributed by atoms with Crippen molar-refractivity contribution < 1.29 is 14.3 Å². The van der Waals surface area contributed by atoms with E-state index in [9.17, 15) is 9.59 Å². The van der Waals surface area contributed by atoms with Crippen LogP contribution in [0.15, 0.2) is 24.3 Å². The molecule has 0 aliphatic heterocycles. The molecule has 2 fully saturated rings. The smallest absolute Gasteiger partial charge is 0.255 e. The third kappa shape index (κ3) is 3.49. The Kier molecular flexibility index (Phi) is 4.55. The molecular weight excluding hydrogens is 292 g/mol. The summed E-state index contributed by atoms with van der Waals surface area (Å²) in [6, 6.07) is 7.10. The summed E-state index contributed by atoms with van der Waals surface area (Å²) in [5.41, 5.74) is 5.55. The molecule has 4 unspecified atom stereocenters. The minimum atomic E-state index is -0.560. The molecule has 2 bridgehead atoms. The first-order valence-electron chi connectivity index (χ1n) is 8.35. The van der Waals surface area contributed by atoms with Crippen LogP contribution in [-0.4, -0.2) is 24.5 Å². The number of hydrogen-bond donors (Lipinski definition) is 2. The largest absolute Gasteiger partial charge is 0.483 e. The third-order valence-electron chi connectivity index (χ3n) is 5.30. The first-order chi connectivity index (χ1) is 11.0. The first kappa shape index (κ1) is 15.8. The highest BCUT2D eigenvalue weighted by Gasteiger charge is 2.42. The lowest BCUT2D eigenvalue weighted by molar-refractivity contribution is -0.119. The van der Waals surface area contributed by atoms with Gasteiger partial charge in [-0.25, -0.2) is 0 Å². The van der Waals surface area contributed by atoms with Gasteiger partial charge in [0.15, 0.2) is 6.61 Å². The Balaban J connectivity index is 1.65. The van der Waals surface area contributed by atoms with Gasteiger partial charge in [-0.15, -0.1) is 0 Å². The SMILES string of the molecule is CC(NC(=O)c1ccccc1OCC(N)=O)C1CC2CCC1C2. The average molecular weight is 316 g/mol. The zero-order valence-corrected chi connectivity index (χ0v) is 13.5. The van der Waals surface area contributed by atoms with Gasteiger partial charge in [0.2, 0.25) is 0 Å². The number of carbonyl (C=O) groups excluding carboxylic acids is 2. The van der Waals surface area contributed by atoms with E-state index in [4.69, 9.17) is 10.5 Å². The molecule has 5 nitrogen and oxygen atoms in total. The number of carbonyl (C=O) groups is 2. The number of amides is 2. The normalized spacial score (nSPS) is 26.7. The zero-order valence-electron chi connectivity index (χ0n) is 13.5. The molecule has 23 heavy (non-hydrogen) atoms. The number of benzene rings is 1. The van der Waals surface area contributed by atoms with Crippen LogP contribution >= 0.6 is 0 Å². The van der Waals surface area contributed by atoms with E-state index in [0.717, 1.165) is 11.8 Å². The Morgan fingerprint density at radius 1 is 1.30 bits per heavy atom. The molecule has 0 radical (unpaired) electrons. The van der Waals surface area contributed by atoms with Gasteiger partial charge in [-0.05, 0) is 56.1 Å². The van der Waals surface area contributed by atoms with Crippen LogP contribution in [0.3, 0.4) is 0 Å². The van der Waals surface area contributed by atoms with Crippen molar-refractivity contribution in [2.24, 2.45) is 23.5 Å². The number of ether oxygens (including phenoxy) is 1. The lowest BCUT2D eigenvalue weighted by atomic mass is 9.84. The van der Waals surface area contributed by atoms with Crippen LogP contribution in [0.5, 0.6) is 5.75 Å². The quantitative estimate of drug-likeness (QED) is 0.843. The van der Waals surface area contributed by atoms with Crippen LogP contribution in [0.4, 0.5) is 0 Å². The highest BCUT2D eigenvalue weighted by Crippen LogP contribution is 2.49. The van der Waals surface area contributed by atoms with Gasteiger partial charge in [0.1, 0.15) is 5.75 Å². The predicted octanol–water partition coefficient (Wildman–Crippen LogP) is 2.11. The van der Waals surface area contributed by atoms with Crippen LogP contribution in [0.25, 0.3) is 0 Å². The molecule has 0 saturated heterocycles. The minimum absolute atomic E-state index is 0.152. The van der Waals surface area contributed by atoms with Crippen LogP contribution in [0, 0.1) is 17.8 Å². The van der Waals surface area contributed by atoms with E-state index in [1.807, 2.05) is 0 Å². The predicted molar refractivity (Wildman–Crippen MR) is 87.0 cm³/mol. The van der Waals surface area contributed by atoms with E-state index < -0.39 is 5.91 Å². The van der Waals surface area contributed by atoms with Crippen molar-refractivity contribution in [3.05, 3.63) is 29.8 Å². The Morgan fingerprint density at radius 3 is 2.74 bits per heavy atom. The van der Waals surface area contributed by atoms with Gasteiger partial charge in [0.05, 0.1) is 5.56 Å². The molecule has 5 heteroatoms. The molecule has 2 aliphatic rings. The fourth-order valence-corrected chi connectivity index (χ4v) is 4.23. The molecule has 1 aromatic rings. The van der Waals surface area contributed by atoms with Crippen LogP contribution in [0.1, 0.15) is 43.0 Å². The monoisotopic (exact) mass is 316 g/mol. The van der Waals surface area contributed by atoms with E-state index in [1.54, 1.807) is 24.3 Å². The van der Waals surface area contributed by atoms with Crippen molar-refractivity contribution in [1.82, 2.24) is 5.32 Å². The van der Waals surface area contributed by atoms with Gasteiger partial charge in [0, 0.05) is 6.04 Å². The minimum Gasteiger partial charge on any atom is -0.483 e. The molecular formula is C18H24N2O3. The molecule has 3 rings (SSSR count). The van der Waals surface area contributed by atoms with Gasteiger partial charge in [-0.2, -0.15) is 0 Å². The van der Waals surface area contributed by atoms with Gasteiger partial charge in [0.25, 0.3) is 11.8 Å². The zero-order chi connectivity index (χ0) is 16.4. The molecule has 1 aromatic carbocycles. The molecule has 2 aliphatic carbocycles. The van der Waals surface area contributed by atoms with Gasteiger partial charge in [-0.1, -0.05) is 18.6 Å². The van der Waals surface area contributed by atoms with E-state index in [-0.39, 0.29) is 18.6 Å². The second kappa shape index (κ2) is 6.60. The fraction of sp³-hybridized carbons (Fsp3) is 0.556. The van der Waals surface area contributed by atoms with E-state index >= 15 is 0 Å². The number of fused-ring (bicyclic) bond motifs is 2. The van der Waals surface area contributed by atoms with Crippen molar-refractivity contribution in [2.45, 2.75) is 38.6 Å². The summed E-state index contributed by atoms with van der Waals surface area (Å²) in [4.78, 5) is 23.5. The summed E-state index contributed by atoms with van der Waals surface area (Å²) < 4.78 is 5.34. The summed E-state index contributed by atoms with van der Waals surface area (Å²) in [6.07, 6.45) is 5.20. The van der Waals surface area contributed by atoms with E-state index in [2.05, 4.69) is 12.2 Å². The molecule has 2 amide bonds. The number of nitrogens with two attached hydrogens (primary N) is 1. The highest BCUT2D eigenvalue weighted by atomic mass is 16.5. The van der Waals surface area contributed by atoms with Crippen molar-refractivity contribution >= 4 is 11.8 Å². The number of nitrogens with one attached hydrogen (secondary N) is 1. The van der Waals surface area contributed by atoms with Gasteiger partial charge in [-0.3, -0.25) is 9.59 Å². The number of primary amides is 1. The second-order valence-electron chi connectivity index (χ2n) is 6.85.